The number of ether oxygens (including phenoxy) is 2. The van der Waals surface area contributed by atoms with Gasteiger partial charge in [0.05, 0.1) is 24.4 Å². The molecule has 0 aliphatic carbocycles. The van der Waals surface area contributed by atoms with E-state index in [-0.39, 0.29) is 18.9 Å². The van der Waals surface area contributed by atoms with Gasteiger partial charge in [0.25, 0.3) is 0 Å². The van der Waals surface area contributed by atoms with Gasteiger partial charge in [-0.2, -0.15) is 18.3 Å². The molecule has 7 nitrogen and oxygen atoms in total. The van der Waals surface area contributed by atoms with Crippen LogP contribution in [0.2, 0.25) is 5.02 Å². The summed E-state index contributed by atoms with van der Waals surface area (Å²) >= 11 is 5.91. The normalized spacial score (nSPS) is 18.0. The summed E-state index contributed by atoms with van der Waals surface area (Å²) in [5.41, 5.74) is -2.94. The number of hydrogen-bond donors (Lipinski definition) is 1. The lowest BCUT2D eigenvalue weighted by Crippen LogP contribution is -2.42. The highest BCUT2D eigenvalue weighted by Crippen LogP contribution is 2.40. The number of benzene rings is 2. The number of hydrogen-bond acceptors (Lipinski definition) is 5. The number of alkyl halides is 6. The average molecular weight is 538 g/mol. The van der Waals surface area contributed by atoms with Gasteiger partial charge in [-0.05, 0) is 43.7 Å². The van der Waals surface area contributed by atoms with E-state index < -0.39 is 47.0 Å². The molecule has 0 saturated heterocycles. The molecule has 1 aliphatic rings. The maximum atomic E-state index is 13.1. The number of carbonyl (C=O) groups is 2. The van der Waals surface area contributed by atoms with Crippen LogP contribution < -0.4 is 10.1 Å². The Balaban J connectivity index is 1.92. The van der Waals surface area contributed by atoms with Crippen molar-refractivity contribution < 1.29 is 45.4 Å². The predicted octanol–water partition coefficient (Wildman–Crippen LogP) is 6.08. The smallest absolute Gasteiger partial charge is 0.465 e. The van der Waals surface area contributed by atoms with E-state index in [2.05, 4.69) is 15.2 Å². The lowest BCUT2D eigenvalue weighted by atomic mass is 9.82. The Bertz CT molecular complexity index is 1180. The van der Waals surface area contributed by atoms with Gasteiger partial charge >= 0.3 is 24.5 Å². The molecule has 194 valence electrons. The van der Waals surface area contributed by atoms with Gasteiger partial charge in [0.15, 0.2) is 0 Å². The Kier molecular flexibility index (Phi) is 7.44. The monoisotopic (exact) mass is 537 g/mol. The minimum Gasteiger partial charge on any atom is -0.465 e. The Hall–Kier alpha value is -3.48. The molecule has 3 rings (SSSR count). The molecule has 0 saturated carbocycles. The summed E-state index contributed by atoms with van der Waals surface area (Å²) in [4.78, 5) is 25.6. The summed E-state index contributed by atoms with van der Waals surface area (Å²) in [5.74, 6) is -2.24. The van der Waals surface area contributed by atoms with E-state index in [0.29, 0.717) is 22.7 Å². The number of amides is 2. The molecule has 36 heavy (non-hydrogen) atoms. The fourth-order valence-electron chi connectivity index (χ4n) is 3.43. The van der Waals surface area contributed by atoms with Gasteiger partial charge in [0, 0.05) is 16.8 Å². The number of halogens is 7. The summed E-state index contributed by atoms with van der Waals surface area (Å²) in [7, 11) is 0. The quantitative estimate of drug-likeness (QED) is 0.370. The van der Waals surface area contributed by atoms with Gasteiger partial charge in [0.1, 0.15) is 11.2 Å². The number of esters is 1. The standard InChI is InChI=1S/C22H18ClF6N3O4/c1-3-35-18(33)20(2)11-32(31-17(20)12-4-6-13(23)7-5-12)19(34)30-14-8-9-15(21(24,25)26)16(10-14)36-22(27,28)29/h4-10H,3,11H2,1-2H3,(H,30,34). The van der Waals surface area contributed by atoms with Gasteiger partial charge in [-0.25, -0.2) is 9.80 Å². The summed E-state index contributed by atoms with van der Waals surface area (Å²) in [6.07, 6.45) is -10.5. The molecule has 0 fully saturated rings. The molecule has 2 aromatic carbocycles. The van der Waals surface area contributed by atoms with Crippen molar-refractivity contribution in [3.8, 4) is 5.75 Å². The van der Waals surface area contributed by atoms with Crippen LogP contribution in [-0.2, 0) is 15.7 Å². The van der Waals surface area contributed by atoms with Crippen LogP contribution >= 0.6 is 11.6 Å². The Morgan fingerprint density at radius 1 is 1.11 bits per heavy atom. The van der Waals surface area contributed by atoms with Crippen molar-refractivity contribution in [2.24, 2.45) is 10.5 Å². The summed E-state index contributed by atoms with van der Waals surface area (Å²) in [5, 5.41) is 7.58. The Morgan fingerprint density at radius 3 is 2.31 bits per heavy atom. The van der Waals surface area contributed by atoms with Crippen LogP contribution in [0.4, 0.5) is 36.8 Å². The number of urea groups is 1. The molecule has 1 heterocycles. The second-order valence-electron chi connectivity index (χ2n) is 7.75. The van der Waals surface area contributed by atoms with E-state index in [1.807, 2.05) is 0 Å². The zero-order chi connectivity index (χ0) is 26.9. The molecule has 14 heteroatoms. The lowest BCUT2D eigenvalue weighted by Gasteiger charge is -2.24. The van der Waals surface area contributed by atoms with Crippen molar-refractivity contribution in [2.75, 3.05) is 18.5 Å². The highest BCUT2D eigenvalue weighted by Gasteiger charge is 2.48. The fourth-order valence-corrected chi connectivity index (χ4v) is 3.55. The molecule has 1 unspecified atom stereocenters. The van der Waals surface area contributed by atoms with E-state index in [1.165, 1.54) is 19.1 Å². The largest absolute Gasteiger partial charge is 0.573 e. The van der Waals surface area contributed by atoms with Crippen molar-refractivity contribution >= 4 is 35.0 Å². The topological polar surface area (TPSA) is 80.2 Å². The van der Waals surface area contributed by atoms with E-state index in [0.717, 1.165) is 11.1 Å². The van der Waals surface area contributed by atoms with Gasteiger partial charge in [-0.1, -0.05) is 23.7 Å². The SMILES string of the molecule is CCOC(=O)C1(C)CN(C(=O)Nc2ccc(C(F)(F)F)c(OC(F)(F)F)c2)N=C1c1ccc(Cl)cc1. The van der Waals surface area contributed by atoms with Crippen LogP contribution in [0.3, 0.4) is 0 Å². The van der Waals surface area contributed by atoms with Crippen molar-refractivity contribution in [2.45, 2.75) is 26.4 Å². The third-order valence-electron chi connectivity index (χ3n) is 5.05. The first-order valence-corrected chi connectivity index (χ1v) is 10.6. The molecule has 1 atom stereocenters. The van der Waals surface area contributed by atoms with Crippen molar-refractivity contribution in [1.82, 2.24) is 5.01 Å². The number of carbonyl (C=O) groups excluding carboxylic acids is 2. The minimum absolute atomic E-state index is 0.0437. The zero-order valence-electron chi connectivity index (χ0n) is 18.6. The molecular formula is C22H18ClF6N3O4. The van der Waals surface area contributed by atoms with Crippen LogP contribution in [-0.4, -0.2) is 42.2 Å². The first kappa shape index (κ1) is 27.1. The van der Waals surface area contributed by atoms with E-state index in [4.69, 9.17) is 16.3 Å². The molecule has 1 N–H and O–H groups in total. The second-order valence-corrected chi connectivity index (χ2v) is 8.19. The molecule has 2 aromatic rings. The average Bonchev–Trinajstić information content (AvgIpc) is 3.11. The van der Waals surface area contributed by atoms with Gasteiger partial charge in [-0.3, -0.25) is 4.79 Å². The zero-order valence-corrected chi connectivity index (χ0v) is 19.4. The lowest BCUT2D eigenvalue weighted by molar-refractivity contribution is -0.276. The number of nitrogens with zero attached hydrogens (tertiary/aromatic N) is 2. The Morgan fingerprint density at radius 2 is 1.75 bits per heavy atom. The van der Waals surface area contributed by atoms with Crippen LogP contribution in [0.15, 0.2) is 47.6 Å². The van der Waals surface area contributed by atoms with Crippen molar-refractivity contribution in [3.05, 3.63) is 58.6 Å². The highest BCUT2D eigenvalue weighted by atomic mass is 35.5. The number of rotatable bonds is 5. The number of nitrogens with one attached hydrogen (secondary N) is 1. The summed E-state index contributed by atoms with van der Waals surface area (Å²) < 4.78 is 85.9. The maximum Gasteiger partial charge on any atom is 0.573 e. The number of hydrazone groups is 1. The maximum absolute atomic E-state index is 13.1. The Labute approximate surface area is 205 Å². The van der Waals surface area contributed by atoms with Crippen LogP contribution in [0.5, 0.6) is 5.75 Å². The molecular weight excluding hydrogens is 520 g/mol. The van der Waals surface area contributed by atoms with E-state index in [1.54, 1.807) is 19.1 Å². The van der Waals surface area contributed by atoms with Gasteiger partial charge < -0.3 is 14.8 Å². The second kappa shape index (κ2) is 9.88. The molecule has 0 spiro atoms. The molecule has 0 radical (unpaired) electrons. The summed E-state index contributed by atoms with van der Waals surface area (Å²) in [6, 6.07) is 6.68. The molecule has 1 aliphatic heterocycles. The number of anilines is 1. The van der Waals surface area contributed by atoms with Crippen LogP contribution in [0, 0.1) is 5.41 Å². The molecule has 2 amide bonds. The molecule has 0 bridgehead atoms. The summed E-state index contributed by atoms with van der Waals surface area (Å²) in [6.45, 7) is 2.80. The molecule has 0 aromatic heterocycles. The van der Waals surface area contributed by atoms with Gasteiger partial charge in [-0.15, -0.1) is 13.2 Å². The minimum atomic E-state index is -5.41. The van der Waals surface area contributed by atoms with Crippen LogP contribution in [0.1, 0.15) is 25.0 Å². The van der Waals surface area contributed by atoms with Crippen LogP contribution in [0.25, 0.3) is 0 Å². The first-order valence-electron chi connectivity index (χ1n) is 10.2. The van der Waals surface area contributed by atoms with E-state index in [9.17, 15) is 35.9 Å². The fraction of sp³-hybridized carbons (Fsp3) is 0.318. The van der Waals surface area contributed by atoms with Gasteiger partial charge in [0.2, 0.25) is 0 Å². The van der Waals surface area contributed by atoms with Crippen molar-refractivity contribution in [3.63, 3.8) is 0 Å². The third-order valence-corrected chi connectivity index (χ3v) is 5.30. The highest BCUT2D eigenvalue weighted by molar-refractivity contribution is 6.30. The first-order chi connectivity index (χ1) is 16.6. The predicted molar refractivity (Wildman–Crippen MR) is 117 cm³/mol. The van der Waals surface area contributed by atoms with E-state index >= 15 is 0 Å². The third kappa shape index (κ3) is 6.01. The van der Waals surface area contributed by atoms with Crippen molar-refractivity contribution in [1.29, 1.82) is 0 Å².